The standard InChI is InChI=1S/C17H11F4IN4O3S/c18-12-5-9(3-4-30(23,27)28)6-13-11(12)8-24-16(25-13)26-14-7-10(22)1-2-15(14)29-17(19,20)21/h1-8H,(H2,23,27,28)(H,24,25,26)/b4-3+. The van der Waals surface area contributed by atoms with Gasteiger partial charge in [-0.3, -0.25) is 0 Å². The minimum atomic E-state index is -4.90. The molecule has 13 heteroatoms. The second-order valence-electron chi connectivity index (χ2n) is 5.83. The molecule has 0 aliphatic rings. The number of ether oxygens (including phenoxy) is 1. The number of alkyl halides is 3. The fraction of sp³-hybridized carbons (Fsp3) is 0.0588. The average molecular weight is 554 g/mol. The number of sulfonamides is 1. The highest BCUT2D eigenvalue weighted by Gasteiger charge is 2.32. The van der Waals surface area contributed by atoms with Crippen LogP contribution >= 0.6 is 22.6 Å². The maximum atomic E-state index is 14.3. The molecule has 1 heterocycles. The summed E-state index contributed by atoms with van der Waals surface area (Å²) in [4.78, 5) is 8.00. The van der Waals surface area contributed by atoms with Gasteiger partial charge in [0.1, 0.15) is 5.82 Å². The molecule has 1 aromatic heterocycles. The molecule has 3 aromatic rings. The van der Waals surface area contributed by atoms with Crippen molar-refractivity contribution in [3.8, 4) is 5.75 Å². The van der Waals surface area contributed by atoms with Crippen LogP contribution in [0.4, 0.5) is 29.2 Å². The van der Waals surface area contributed by atoms with Crippen LogP contribution in [-0.2, 0) is 10.0 Å². The number of anilines is 2. The summed E-state index contributed by atoms with van der Waals surface area (Å²) in [7, 11) is -3.92. The lowest BCUT2D eigenvalue weighted by atomic mass is 10.1. The minimum absolute atomic E-state index is 0.0303. The normalized spacial score (nSPS) is 12.5. The number of nitrogens with zero attached hydrogens (tertiary/aromatic N) is 2. The van der Waals surface area contributed by atoms with Gasteiger partial charge in [-0.15, -0.1) is 13.2 Å². The van der Waals surface area contributed by atoms with E-state index in [4.69, 9.17) is 5.14 Å². The highest BCUT2D eigenvalue weighted by atomic mass is 127. The molecule has 0 spiro atoms. The number of nitrogens with one attached hydrogen (secondary N) is 1. The van der Waals surface area contributed by atoms with E-state index in [-0.39, 0.29) is 28.1 Å². The van der Waals surface area contributed by atoms with Crippen LogP contribution in [0.2, 0.25) is 0 Å². The zero-order chi connectivity index (χ0) is 22.1. The topological polar surface area (TPSA) is 107 Å². The summed E-state index contributed by atoms with van der Waals surface area (Å²) >= 11 is 1.91. The predicted molar refractivity (Wildman–Crippen MR) is 111 cm³/mol. The quantitative estimate of drug-likeness (QED) is 0.361. The number of primary sulfonamides is 1. The van der Waals surface area contributed by atoms with Gasteiger partial charge in [-0.05, 0) is 64.6 Å². The Hall–Kier alpha value is -2.52. The SMILES string of the molecule is NS(=O)(=O)/C=C/c1cc(F)c2cnc(Nc3cc(I)ccc3OC(F)(F)F)nc2c1. The van der Waals surface area contributed by atoms with E-state index in [0.717, 1.165) is 24.4 Å². The van der Waals surface area contributed by atoms with E-state index in [1.807, 2.05) is 22.6 Å². The van der Waals surface area contributed by atoms with Gasteiger partial charge >= 0.3 is 6.36 Å². The van der Waals surface area contributed by atoms with Gasteiger partial charge < -0.3 is 10.1 Å². The number of fused-ring (bicyclic) bond motifs is 1. The fourth-order valence-electron chi connectivity index (χ4n) is 2.38. The minimum Gasteiger partial charge on any atom is -0.404 e. The lowest BCUT2D eigenvalue weighted by molar-refractivity contribution is -0.274. The molecule has 3 N–H and O–H groups in total. The van der Waals surface area contributed by atoms with Gasteiger partial charge in [0.15, 0.2) is 5.75 Å². The first kappa shape index (κ1) is 22.2. The molecule has 0 aliphatic heterocycles. The molecule has 3 rings (SSSR count). The smallest absolute Gasteiger partial charge is 0.404 e. The molecule has 0 fully saturated rings. The molecular formula is C17H11F4IN4O3S. The Morgan fingerprint density at radius 2 is 1.93 bits per heavy atom. The number of hydrogen-bond donors (Lipinski definition) is 2. The molecule has 2 aromatic carbocycles. The van der Waals surface area contributed by atoms with Crippen molar-refractivity contribution < 1.29 is 30.7 Å². The van der Waals surface area contributed by atoms with Crippen LogP contribution < -0.4 is 15.2 Å². The summed E-state index contributed by atoms with van der Waals surface area (Å²) in [6.45, 7) is 0. The summed E-state index contributed by atoms with van der Waals surface area (Å²) in [5, 5.41) is 8.22. The van der Waals surface area contributed by atoms with Gasteiger partial charge in [-0.2, -0.15) is 0 Å². The Morgan fingerprint density at radius 3 is 2.60 bits per heavy atom. The molecule has 158 valence electrons. The van der Waals surface area contributed by atoms with Gasteiger partial charge in [0.05, 0.1) is 16.6 Å². The van der Waals surface area contributed by atoms with Crippen molar-refractivity contribution in [2.45, 2.75) is 6.36 Å². The monoisotopic (exact) mass is 554 g/mol. The second-order valence-corrected chi connectivity index (χ2v) is 8.53. The van der Waals surface area contributed by atoms with Crippen LogP contribution in [0, 0.1) is 9.39 Å². The van der Waals surface area contributed by atoms with Crippen molar-refractivity contribution in [1.29, 1.82) is 0 Å². The van der Waals surface area contributed by atoms with E-state index in [1.54, 1.807) is 0 Å². The molecule has 0 saturated heterocycles. The number of rotatable bonds is 5. The summed E-state index contributed by atoms with van der Waals surface area (Å²) in [6.07, 6.45) is -2.67. The molecule has 0 aliphatic carbocycles. The number of nitrogens with two attached hydrogens (primary N) is 1. The highest BCUT2D eigenvalue weighted by Crippen LogP contribution is 2.33. The predicted octanol–water partition coefficient (Wildman–Crippen LogP) is 4.27. The maximum Gasteiger partial charge on any atom is 0.573 e. The first-order valence-corrected chi connectivity index (χ1v) is 10.6. The average Bonchev–Trinajstić information content (AvgIpc) is 2.60. The fourth-order valence-corrected chi connectivity index (χ4v) is 3.21. The summed E-state index contributed by atoms with van der Waals surface area (Å²) in [6, 6.07) is 6.38. The molecular weight excluding hydrogens is 543 g/mol. The Labute approximate surface area is 181 Å². The van der Waals surface area contributed by atoms with E-state index in [2.05, 4.69) is 20.0 Å². The van der Waals surface area contributed by atoms with Crippen LogP contribution in [0.15, 0.2) is 41.9 Å². The van der Waals surface area contributed by atoms with Gasteiger partial charge in [-0.25, -0.2) is 27.9 Å². The molecule has 0 radical (unpaired) electrons. The first-order valence-electron chi connectivity index (χ1n) is 7.89. The summed E-state index contributed by atoms with van der Waals surface area (Å²) in [5.41, 5.74) is 0.198. The van der Waals surface area contributed by atoms with E-state index in [9.17, 15) is 26.0 Å². The van der Waals surface area contributed by atoms with Gasteiger partial charge in [0, 0.05) is 15.2 Å². The van der Waals surface area contributed by atoms with Crippen molar-refractivity contribution in [1.82, 2.24) is 9.97 Å². The number of halogens is 5. The number of benzene rings is 2. The highest BCUT2D eigenvalue weighted by molar-refractivity contribution is 14.1. The third-order valence-corrected chi connectivity index (χ3v) is 4.72. The zero-order valence-corrected chi connectivity index (χ0v) is 17.6. The van der Waals surface area contributed by atoms with Crippen LogP contribution in [0.5, 0.6) is 5.75 Å². The molecule has 0 saturated carbocycles. The number of hydrogen-bond acceptors (Lipinski definition) is 6. The third kappa shape index (κ3) is 5.99. The summed E-state index contributed by atoms with van der Waals surface area (Å²) in [5.74, 6) is -1.34. The molecule has 7 nitrogen and oxygen atoms in total. The first-order chi connectivity index (χ1) is 13.9. The van der Waals surface area contributed by atoms with Crippen LogP contribution in [0.25, 0.3) is 17.0 Å². The largest absolute Gasteiger partial charge is 0.573 e. The summed E-state index contributed by atoms with van der Waals surface area (Å²) < 4.78 is 78.8. The van der Waals surface area contributed by atoms with Crippen molar-refractivity contribution in [2.75, 3.05) is 5.32 Å². The second kappa shape index (κ2) is 8.31. The molecule has 0 amide bonds. The third-order valence-electron chi connectivity index (χ3n) is 3.54. The molecule has 0 atom stereocenters. The van der Waals surface area contributed by atoms with Crippen LogP contribution in [0.3, 0.4) is 0 Å². The van der Waals surface area contributed by atoms with Crippen molar-refractivity contribution in [2.24, 2.45) is 5.14 Å². The van der Waals surface area contributed by atoms with E-state index in [0.29, 0.717) is 8.98 Å². The van der Waals surface area contributed by atoms with Crippen molar-refractivity contribution in [3.05, 3.63) is 56.9 Å². The lowest BCUT2D eigenvalue weighted by Gasteiger charge is -2.14. The maximum absolute atomic E-state index is 14.3. The van der Waals surface area contributed by atoms with E-state index >= 15 is 0 Å². The lowest BCUT2D eigenvalue weighted by Crippen LogP contribution is -2.18. The van der Waals surface area contributed by atoms with Crippen molar-refractivity contribution >= 4 is 61.2 Å². The molecule has 0 bridgehead atoms. The van der Waals surface area contributed by atoms with Crippen LogP contribution in [0.1, 0.15) is 5.56 Å². The van der Waals surface area contributed by atoms with Gasteiger partial charge in [0.25, 0.3) is 0 Å². The van der Waals surface area contributed by atoms with Crippen LogP contribution in [-0.4, -0.2) is 24.7 Å². The van der Waals surface area contributed by atoms with E-state index in [1.165, 1.54) is 18.2 Å². The number of aromatic nitrogens is 2. The molecule has 0 unspecified atom stereocenters. The van der Waals surface area contributed by atoms with Gasteiger partial charge in [-0.1, -0.05) is 0 Å². The van der Waals surface area contributed by atoms with E-state index < -0.39 is 28.0 Å². The zero-order valence-electron chi connectivity index (χ0n) is 14.6. The Bertz CT molecular complexity index is 1250. The van der Waals surface area contributed by atoms with Gasteiger partial charge in [0.2, 0.25) is 16.0 Å². The van der Waals surface area contributed by atoms with Crippen molar-refractivity contribution in [3.63, 3.8) is 0 Å². The Morgan fingerprint density at radius 1 is 1.20 bits per heavy atom. The molecule has 30 heavy (non-hydrogen) atoms. The Kier molecular flexibility index (Phi) is 6.14. The Balaban J connectivity index is 2.00.